The Morgan fingerprint density at radius 2 is 2.00 bits per heavy atom. The van der Waals surface area contributed by atoms with E-state index in [0.717, 1.165) is 5.39 Å². The Labute approximate surface area is 108 Å². The lowest BCUT2D eigenvalue weighted by Gasteiger charge is -2.02. The number of ether oxygens (including phenoxy) is 1. The minimum Gasteiger partial charge on any atom is -0.493 e. The Morgan fingerprint density at radius 1 is 1.22 bits per heavy atom. The SMILES string of the molecule is COc1ccc(C(=O)Cl)c2c1oc1ccccc12. The summed E-state index contributed by atoms with van der Waals surface area (Å²) in [5.74, 6) is 0.586. The number of benzene rings is 2. The van der Waals surface area contributed by atoms with Gasteiger partial charge in [-0.15, -0.1) is 0 Å². The van der Waals surface area contributed by atoms with E-state index in [2.05, 4.69) is 0 Å². The lowest BCUT2D eigenvalue weighted by atomic mass is 10.1. The molecule has 3 aromatic rings. The number of fused-ring (bicyclic) bond motifs is 3. The summed E-state index contributed by atoms with van der Waals surface area (Å²) in [7, 11) is 1.56. The maximum Gasteiger partial charge on any atom is 0.253 e. The number of rotatable bonds is 2. The zero-order valence-electron chi connectivity index (χ0n) is 9.57. The molecule has 90 valence electrons. The second-order valence-electron chi connectivity index (χ2n) is 3.89. The van der Waals surface area contributed by atoms with Crippen LogP contribution in [0.4, 0.5) is 0 Å². The Hall–Kier alpha value is -2.00. The lowest BCUT2D eigenvalue weighted by Crippen LogP contribution is -1.91. The summed E-state index contributed by atoms with van der Waals surface area (Å²) in [5.41, 5.74) is 1.68. The molecule has 3 rings (SSSR count). The minimum absolute atomic E-state index is 0.428. The van der Waals surface area contributed by atoms with Crippen LogP contribution in [-0.4, -0.2) is 12.4 Å². The topological polar surface area (TPSA) is 39.4 Å². The van der Waals surface area contributed by atoms with Crippen LogP contribution in [0.5, 0.6) is 5.75 Å². The van der Waals surface area contributed by atoms with Crippen molar-refractivity contribution in [1.82, 2.24) is 0 Å². The molecule has 0 saturated heterocycles. The van der Waals surface area contributed by atoms with E-state index in [-0.39, 0.29) is 0 Å². The van der Waals surface area contributed by atoms with E-state index in [1.807, 2.05) is 24.3 Å². The molecule has 0 aliphatic heterocycles. The monoisotopic (exact) mass is 260 g/mol. The molecule has 4 heteroatoms. The summed E-state index contributed by atoms with van der Waals surface area (Å²) in [6.45, 7) is 0. The smallest absolute Gasteiger partial charge is 0.253 e. The van der Waals surface area contributed by atoms with Gasteiger partial charge in [-0.05, 0) is 29.8 Å². The molecule has 0 saturated carbocycles. The fourth-order valence-corrected chi connectivity index (χ4v) is 2.29. The molecule has 1 aromatic heterocycles. The standard InChI is InChI=1S/C14H9ClO3/c1-17-11-7-6-9(14(15)16)12-8-4-2-3-5-10(8)18-13(11)12/h2-7H,1H3. The van der Waals surface area contributed by atoms with Gasteiger partial charge in [0, 0.05) is 16.3 Å². The van der Waals surface area contributed by atoms with Crippen molar-refractivity contribution in [3.05, 3.63) is 42.0 Å². The predicted molar refractivity (Wildman–Crippen MR) is 70.5 cm³/mol. The zero-order valence-corrected chi connectivity index (χ0v) is 10.3. The average Bonchev–Trinajstić information content (AvgIpc) is 2.76. The Morgan fingerprint density at radius 3 is 2.72 bits per heavy atom. The molecule has 18 heavy (non-hydrogen) atoms. The first kappa shape index (κ1) is 11.1. The van der Waals surface area contributed by atoms with Crippen molar-refractivity contribution in [2.24, 2.45) is 0 Å². The molecule has 3 nitrogen and oxygen atoms in total. The maximum atomic E-state index is 11.5. The average molecular weight is 261 g/mol. The Kier molecular flexibility index (Phi) is 2.49. The second-order valence-corrected chi connectivity index (χ2v) is 4.23. The van der Waals surface area contributed by atoms with Crippen LogP contribution in [0.25, 0.3) is 21.9 Å². The fourth-order valence-electron chi connectivity index (χ4n) is 2.13. The van der Waals surface area contributed by atoms with Gasteiger partial charge in [-0.25, -0.2) is 0 Å². The number of hydrogen-bond donors (Lipinski definition) is 0. The Balaban J connectivity index is 2.56. The van der Waals surface area contributed by atoms with Crippen LogP contribution in [-0.2, 0) is 0 Å². The number of halogens is 1. The van der Waals surface area contributed by atoms with E-state index in [1.165, 1.54) is 0 Å². The highest BCUT2D eigenvalue weighted by atomic mass is 35.5. The molecule has 0 aliphatic rings. The molecular weight excluding hydrogens is 252 g/mol. The molecule has 1 heterocycles. The van der Waals surface area contributed by atoms with E-state index >= 15 is 0 Å². The molecule has 0 bridgehead atoms. The van der Waals surface area contributed by atoms with Gasteiger partial charge in [-0.1, -0.05) is 18.2 Å². The summed E-state index contributed by atoms with van der Waals surface area (Å²) >= 11 is 5.61. The molecule has 0 spiro atoms. The van der Waals surface area contributed by atoms with Crippen molar-refractivity contribution < 1.29 is 13.9 Å². The van der Waals surface area contributed by atoms with Crippen LogP contribution in [0.3, 0.4) is 0 Å². The van der Waals surface area contributed by atoms with Crippen LogP contribution in [0.2, 0.25) is 0 Å². The van der Waals surface area contributed by atoms with E-state index in [9.17, 15) is 4.79 Å². The van der Waals surface area contributed by atoms with Crippen LogP contribution in [0.15, 0.2) is 40.8 Å². The van der Waals surface area contributed by atoms with Gasteiger partial charge in [0.05, 0.1) is 7.11 Å². The van der Waals surface area contributed by atoms with Gasteiger partial charge in [-0.2, -0.15) is 0 Å². The minimum atomic E-state index is -0.505. The van der Waals surface area contributed by atoms with Crippen LogP contribution < -0.4 is 4.74 Å². The van der Waals surface area contributed by atoms with Crippen molar-refractivity contribution in [2.75, 3.05) is 7.11 Å². The fraction of sp³-hybridized carbons (Fsp3) is 0.0714. The first-order valence-electron chi connectivity index (χ1n) is 5.40. The van der Waals surface area contributed by atoms with Crippen molar-refractivity contribution in [1.29, 1.82) is 0 Å². The lowest BCUT2D eigenvalue weighted by molar-refractivity contribution is 0.108. The van der Waals surface area contributed by atoms with Crippen molar-refractivity contribution in [3.8, 4) is 5.75 Å². The van der Waals surface area contributed by atoms with Gasteiger partial charge in [0.15, 0.2) is 11.3 Å². The van der Waals surface area contributed by atoms with E-state index in [1.54, 1.807) is 19.2 Å². The van der Waals surface area contributed by atoms with E-state index in [4.69, 9.17) is 20.8 Å². The molecule has 0 radical (unpaired) electrons. The molecule has 0 aliphatic carbocycles. The van der Waals surface area contributed by atoms with Crippen molar-refractivity contribution >= 4 is 38.8 Å². The van der Waals surface area contributed by atoms with E-state index in [0.29, 0.717) is 27.9 Å². The summed E-state index contributed by atoms with van der Waals surface area (Å²) in [6, 6.07) is 10.8. The second kappa shape index (κ2) is 4.03. The molecular formula is C14H9ClO3. The van der Waals surface area contributed by atoms with Crippen molar-refractivity contribution in [2.45, 2.75) is 0 Å². The summed E-state index contributed by atoms with van der Waals surface area (Å²) in [6.07, 6.45) is 0. The zero-order chi connectivity index (χ0) is 12.7. The van der Waals surface area contributed by atoms with Crippen LogP contribution in [0.1, 0.15) is 10.4 Å². The largest absolute Gasteiger partial charge is 0.493 e. The number of methoxy groups -OCH3 is 1. The molecule has 0 N–H and O–H groups in total. The number of carbonyl (C=O) groups is 1. The van der Waals surface area contributed by atoms with Gasteiger partial charge in [-0.3, -0.25) is 4.79 Å². The highest BCUT2D eigenvalue weighted by Crippen LogP contribution is 2.37. The number of carbonyl (C=O) groups excluding carboxylic acids is 1. The third kappa shape index (κ3) is 1.48. The highest BCUT2D eigenvalue weighted by Gasteiger charge is 2.17. The van der Waals surface area contributed by atoms with Gasteiger partial charge < -0.3 is 9.15 Å². The predicted octanol–water partition coefficient (Wildman–Crippen LogP) is 3.97. The number of furan rings is 1. The summed E-state index contributed by atoms with van der Waals surface area (Å²) in [4.78, 5) is 11.5. The molecule has 0 amide bonds. The van der Waals surface area contributed by atoms with Gasteiger partial charge in [0.1, 0.15) is 5.58 Å². The van der Waals surface area contributed by atoms with Crippen LogP contribution >= 0.6 is 11.6 Å². The molecule has 0 atom stereocenters. The van der Waals surface area contributed by atoms with Crippen LogP contribution in [0, 0.1) is 0 Å². The first-order valence-corrected chi connectivity index (χ1v) is 5.78. The third-order valence-corrected chi connectivity index (χ3v) is 3.13. The first-order chi connectivity index (χ1) is 8.72. The Bertz CT molecular complexity index is 758. The normalized spacial score (nSPS) is 11.0. The maximum absolute atomic E-state index is 11.5. The molecule has 2 aromatic carbocycles. The van der Waals surface area contributed by atoms with Crippen molar-refractivity contribution in [3.63, 3.8) is 0 Å². The number of para-hydroxylation sites is 1. The molecule has 0 unspecified atom stereocenters. The summed E-state index contributed by atoms with van der Waals surface area (Å²) < 4.78 is 11.0. The highest BCUT2D eigenvalue weighted by molar-refractivity contribution is 6.69. The number of hydrogen-bond acceptors (Lipinski definition) is 3. The van der Waals surface area contributed by atoms with Gasteiger partial charge in [0.2, 0.25) is 0 Å². The van der Waals surface area contributed by atoms with Gasteiger partial charge in [0.25, 0.3) is 5.24 Å². The quantitative estimate of drug-likeness (QED) is 0.655. The summed E-state index contributed by atoms with van der Waals surface area (Å²) in [5, 5.41) is 1.05. The third-order valence-electron chi connectivity index (χ3n) is 2.92. The van der Waals surface area contributed by atoms with E-state index < -0.39 is 5.24 Å². The van der Waals surface area contributed by atoms with Gasteiger partial charge >= 0.3 is 0 Å². The molecule has 0 fully saturated rings.